The summed E-state index contributed by atoms with van der Waals surface area (Å²) in [5.74, 6) is 0.467. The summed E-state index contributed by atoms with van der Waals surface area (Å²) in [6.07, 6.45) is 4.22. The molecular formula is C23H29FN6O3. The maximum absolute atomic E-state index is 13.3. The van der Waals surface area contributed by atoms with Gasteiger partial charge in [0.25, 0.3) is 5.91 Å². The third-order valence-electron chi connectivity index (χ3n) is 5.33. The number of benzene rings is 1. The number of pyridine rings is 1. The number of hydrogen-bond donors (Lipinski definition) is 3. The molecule has 10 heteroatoms. The SMILES string of the molecule is C=NN(/N=C\C)c1ccc(NCCO)nc1C(=O)N[C@H]1CCC[C@@H]1COc1ccc(F)cc1. The van der Waals surface area contributed by atoms with Gasteiger partial charge in [-0.1, -0.05) is 6.42 Å². The lowest BCUT2D eigenvalue weighted by Crippen LogP contribution is -2.40. The van der Waals surface area contributed by atoms with Crippen LogP contribution in [0.15, 0.2) is 46.6 Å². The van der Waals surface area contributed by atoms with Crippen LogP contribution in [0.4, 0.5) is 15.9 Å². The van der Waals surface area contributed by atoms with Gasteiger partial charge in [-0.25, -0.2) is 9.37 Å². The largest absolute Gasteiger partial charge is 0.493 e. The second-order valence-electron chi connectivity index (χ2n) is 7.56. The van der Waals surface area contributed by atoms with Crippen LogP contribution in [0.25, 0.3) is 0 Å². The maximum Gasteiger partial charge on any atom is 0.272 e. The van der Waals surface area contributed by atoms with E-state index in [1.54, 1.807) is 31.2 Å². The summed E-state index contributed by atoms with van der Waals surface area (Å²) < 4.78 is 18.9. The molecular weight excluding hydrogens is 427 g/mol. The minimum atomic E-state index is -0.365. The molecule has 2 atom stereocenters. The number of hydrazone groups is 2. The molecule has 0 saturated heterocycles. The van der Waals surface area contributed by atoms with Gasteiger partial charge in [0.2, 0.25) is 0 Å². The fourth-order valence-corrected chi connectivity index (χ4v) is 3.74. The Bertz CT molecular complexity index is 969. The van der Waals surface area contributed by atoms with E-state index in [1.165, 1.54) is 23.5 Å². The van der Waals surface area contributed by atoms with Crippen LogP contribution in [0, 0.1) is 11.7 Å². The number of ether oxygens (including phenoxy) is 1. The van der Waals surface area contributed by atoms with Gasteiger partial charge in [0.1, 0.15) is 23.1 Å². The van der Waals surface area contributed by atoms with Crippen molar-refractivity contribution in [1.29, 1.82) is 0 Å². The fraction of sp³-hybridized carbons (Fsp3) is 0.391. The number of aliphatic hydroxyl groups is 1. The first-order chi connectivity index (χ1) is 16.0. The summed E-state index contributed by atoms with van der Waals surface area (Å²) in [4.78, 5) is 17.7. The molecule has 1 saturated carbocycles. The molecule has 176 valence electrons. The molecule has 1 fully saturated rings. The quantitative estimate of drug-likeness (QED) is 0.354. The van der Waals surface area contributed by atoms with Crippen LogP contribution in [0.5, 0.6) is 5.75 Å². The molecule has 3 rings (SSSR count). The molecule has 0 unspecified atom stereocenters. The first-order valence-electron chi connectivity index (χ1n) is 10.9. The lowest BCUT2D eigenvalue weighted by Gasteiger charge is -2.23. The Morgan fingerprint density at radius 1 is 1.33 bits per heavy atom. The van der Waals surface area contributed by atoms with Crippen LogP contribution in [-0.4, -0.2) is 54.7 Å². The Kier molecular flexibility index (Phi) is 8.71. The first-order valence-corrected chi connectivity index (χ1v) is 10.9. The second-order valence-corrected chi connectivity index (χ2v) is 7.56. The number of carbonyl (C=O) groups excluding carboxylic acids is 1. The Hall–Kier alpha value is -3.53. The van der Waals surface area contributed by atoms with Gasteiger partial charge in [-0.2, -0.15) is 15.3 Å². The summed E-state index contributed by atoms with van der Waals surface area (Å²) >= 11 is 0. The monoisotopic (exact) mass is 456 g/mol. The Morgan fingerprint density at radius 2 is 2.12 bits per heavy atom. The lowest BCUT2D eigenvalue weighted by atomic mass is 10.0. The Balaban J connectivity index is 1.74. The van der Waals surface area contributed by atoms with Crippen molar-refractivity contribution in [3.05, 3.63) is 47.9 Å². The zero-order chi connectivity index (χ0) is 23.6. The van der Waals surface area contributed by atoms with Crippen molar-refractivity contribution >= 4 is 30.3 Å². The highest BCUT2D eigenvalue weighted by Crippen LogP contribution is 2.28. The second kappa shape index (κ2) is 11.9. The third kappa shape index (κ3) is 6.48. The highest BCUT2D eigenvalue weighted by molar-refractivity contribution is 5.98. The topological polar surface area (TPSA) is 111 Å². The summed E-state index contributed by atoms with van der Waals surface area (Å²) in [7, 11) is 0. The van der Waals surface area contributed by atoms with Crippen molar-refractivity contribution < 1.29 is 19.0 Å². The highest BCUT2D eigenvalue weighted by Gasteiger charge is 2.31. The molecule has 2 aromatic rings. The molecule has 1 aromatic heterocycles. The van der Waals surface area contributed by atoms with E-state index >= 15 is 0 Å². The maximum atomic E-state index is 13.3. The predicted octanol–water partition coefficient (Wildman–Crippen LogP) is 3.03. The summed E-state index contributed by atoms with van der Waals surface area (Å²) in [6, 6.07) is 9.14. The van der Waals surface area contributed by atoms with E-state index in [-0.39, 0.29) is 36.0 Å². The van der Waals surface area contributed by atoms with E-state index in [0.29, 0.717) is 30.4 Å². The summed E-state index contributed by atoms with van der Waals surface area (Å²) in [5, 5.41) is 24.3. The molecule has 0 radical (unpaired) electrons. The number of halogens is 1. The number of amides is 1. The number of aromatic nitrogens is 1. The number of rotatable bonds is 11. The number of carbonyl (C=O) groups is 1. The van der Waals surface area contributed by atoms with Gasteiger partial charge >= 0.3 is 0 Å². The third-order valence-corrected chi connectivity index (χ3v) is 5.33. The molecule has 0 spiro atoms. The number of nitrogens with zero attached hydrogens (tertiary/aromatic N) is 4. The van der Waals surface area contributed by atoms with Gasteiger partial charge in [0.15, 0.2) is 5.69 Å². The van der Waals surface area contributed by atoms with Gasteiger partial charge in [0.05, 0.1) is 13.2 Å². The molecule has 9 nitrogen and oxygen atoms in total. The van der Waals surface area contributed by atoms with Crippen molar-refractivity contribution in [2.24, 2.45) is 16.1 Å². The van der Waals surface area contributed by atoms with Gasteiger partial charge in [-0.05, 0) is 56.2 Å². The van der Waals surface area contributed by atoms with E-state index in [1.807, 2.05) is 0 Å². The first kappa shape index (κ1) is 24.1. The van der Waals surface area contributed by atoms with Crippen molar-refractivity contribution in [3.8, 4) is 5.75 Å². The molecule has 0 aliphatic heterocycles. The molecule has 1 amide bonds. The van der Waals surface area contributed by atoms with Gasteiger partial charge in [-0.3, -0.25) is 4.79 Å². The van der Waals surface area contributed by atoms with Crippen LogP contribution < -0.4 is 20.5 Å². The lowest BCUT2D eigenvalue weighted by molar-refractivity contribution is 0.0914. The van der Waals surface area contributed by atoms with Gasteiger partial charge in [0, 0.05) is 31.4 Å². The zero-order valence-corrected chi connectivity index (χ0v) is 18.6. The van der Waals surface area contributed by atoms with Gasteiger partial charge < -0.3 is 20.5 Å². The number of hydrogen-bond acceptors (Lipinski definition) is 8. The van der Waals surface area contributed by atoms with Gasteiger partial charge in [-0.15, -0.1) is 0 Å². The van der Waals surface area contributed by atoms with Crippen molar-refractivity contribution in [2.45, 2.75) is 32.2 Å². The molecule has 3 N–H and O–H groups in total. The minimum Gasteiger partial charge on any atom is -0.493 e. The van der Waals surface area contributed by atoms with E-state index < -0.39 is 0 Å². The van der Waals surface area contributed by atoms with Crippen LogP contribution in [0.2, 0.25) is 0 Å². The number of aliphatic hydroxyl groups excluding tert-OH is 1. The average Bonchev–Trinajstić information content (AvgIpc) is 3.27. The van der Waals surface area contributed by atoms with Crippen LogP contribution in [-0.2, 0) is 0 Å². The molecule has 33 heavy (non-hydrogen) atoms. The van der Waals surface area contributed by atoms with E-state index in [0.717, 1.165) is 19.3 Å². The van der Waals surface area contributed by atoms with E-state index in [9.17, 15) is 9.18 Å². The number of anilines is 2. The molecule has 1 aliphatic rings. The molecule has 0 bridgehead atoms. The van der Waals surface area contributed by atoms with Crippen LogP contribution >= 0.6 is 0 Å². The van der Waals surface area contributed by atoms with Crippen LogP contribution in [0.1, 0.15) is 36.7 Å². The minimum absolute atomic E-state index is 0.0662. The average molecular weight is 457 g/mol. The van der Waals surface area contributed by atoms with Crippen molar-refractivity contribution in [2.75, 3.05) is 30.2 Å². The predicted molar refractivity (Wildman–Crippen MR) is 126 cm³/mol. The normalized spacial score (nSPS) is 17.7. The summed E-state index contributed by atoms with van der Waals surface area (Å²) in [5.41, 5.74) is 0.522. The number of nitrogens with one attached hydrogen (secondary N) is 2. The fourth-order valence-electron chi connectivity index (χ4n) is 3.74. The highest BCUT2D eigenvalue weighted by atomic mass is 19.1. The van der Waals surface area contributed by atoms with Crippen LogP contribution in [0.3, 0.4) is 0 Å². The smallest absolute Gasteiger partial charge is 0.272 e. The van der Waals surface area contributed by atoms with Crippen molar-refractivity contribution in [3.63, 3.8) is 0 Å². The Labute approximate surface area is 192 Å². The molecule has 1 aliphatic carbocycles. The van der Waals surface area contributed by atoms with E-state index in [4.69, 9.17) is 9.84 Å². The summed E-state index contributed by atoms with van der Waals surface area (Å²) in [6.45, 7) is 5.89. The molecule has 1 heterocycles. The van der Waals surface area contributed by atoms with E-state index in [2.05, 4.69) is 32.5 Å². The molecule has 1 aromatic carbocycles. The standard InChI is InChI=1S/C23H29FN6O3/c1-3-27-30(25-2)20-11-12-21(26-13-14-31)29-22(20)23(32)28-19-6-4-5-16(19)15-33-18-9-7-17(24)8-10-18/h3,7-12,16,19,31H,2,4-6,13-15H2,1H3,(H,26,29)(H,28,32)/b27-3-/t16-,19+/m1/s1. The zero-order valence-electron chi connectivity index (χ0n) is 18.6. The van der Waals surface area contributed by atoms with Crippen molar-refractivity contribution in [1.82, 2.24) is 10.3 Å². The Morgan fingerprint density at radius 3 is 2.82 bits per heavy atom.